The highest BCUT2D eigenvalue weighted by molar-refractivity contribution is 9.10. The number of thiazole rings is 1. The van der Waals surface area contributed by atoms with Gasteiger partial charge in [0.1, 0.15) is 11.5 Å². The number of carbonyl (C=O) groups excluding carboxylic acids is 1. The number of ether oxygens (including phenoxy) is 3. The average Bonchev–Trinajstić information content (AvgIpc) is 3.03. The predicted molar refractivity (Wildman–Crippen MR) is 113 cm³/mol. The van der Waals surface area contributed by atoms with Crippen LogP contribution in [-0.2, 0) is 16.1 Å². The zero-order chi connectivity index (χ0) is 19.9. The smallest absolute Gasteiger partial charge is 0.286 e. The van der Waals surface area contributed by atoms with E-state index < -0.39 is 0 Å². The zero-order valence-electron chi connectivity index (χ0n) is 15.7. The van der Waals surface area contributed by atoms with Crippen LogP contribution in [0.15, 0.2) is 51.9 Å². The van der Waals surface area contributed by atoms with Crippen molar-refractivity contribution < 1.29 is 19.0 Å². The SMILES string of the molecule is CCOCCn1c(=NC(=O)COc2ccc(OC)cc2)sc2cc(Br)ccc21. The van der Waals surface area contributed by atoms with Gasteiger partial charge in [-0.1, -0.05) is 27.3 Å². The Morgan fingerprint density at radius 1 is 1.18 bits per heavy atom. The lowest BCUT2D eigenvalue weighted by Crippen LogP contribution is -2.21. The molecular formula is C20H21BrN2O4S. The van der Waals surface area contributed by atoms with Gasteiger partial charge in [0.25, 0.3) is 5.91 Å². The fourth-order valence-corrected chi connectivity index (χ4v) is 4.23. The molecule has 0 fully saturated rings. The number of fused-ring (bicyclic) bond motifs is 1. The molecule has 3 rings (SSSR count). The number of hydrogen-bond acceptors (Lipinski definition) is 5. The third kappa shape index (κ3) is 5.21. The van der Waals surface area contributed by atoms with Gasteiger partial charge >= 0.3 is 0 Å². The van der Waals surface area contributed by atoms with Crippen molar-refractivity contribution in [3.63, 3.8) is 0 Å². The van der Waals surface area contributed by atoms with Crippen molar-refractivity contribution in [3.05, 3.63) is 51.7 Å². The fourth-order valence-electron chi connectivity index (χ4n) is 2.60. The second kappa shape index (κ2) is 9.86. The van der Waals surface area contributed by atoms with Gasteiger partial charge in [0, 0.05) is 17.6 Å². The van der Waals surface area contributed by atoms with E-state index in [-0.39, 0.29) is 12.5 Å². The van der Waals surface area contributed by atoms with Gasteiger partial charge in [0.2, 0.25) is 0 Å². The molecule has 0 aliphatic heterocycles. The number of benzene rings is 2. The topological polar surface area (TPSA) is 62.1 Å². The van der Waals surface area contributed by atoms with Gasteiger partial charge in [-0.25, -0.2) is 0 Å². The summed E-state index contributed by atoms with van der Waals surface area (Å²) in [6.45, 7) is 3.66. The van der Waals surface area contributed by atoms with E-state index in [1.807, 2.05) is 29.7 Å². The number of rotatable bonds is 8. The summed E-state index contributed by atoms with van der Waals surface area (Å²) >= 11 is 4.96. The summed E-state index contributed by atoms with van der Waals surface area (Å²) in [6.07, 6.45) is 0. The van der Waals surface area contributed by atoms with Crippen molar-refractivity contribution in [1.29, 1.82) is 0 Å². The number of aromatic nitrogens is 1. The van der Waals surface area contributed by atoms with Crippen LogP contribution in [0.4, 0.5) is 0 Å². The standard InChI is InChI=1S/C20H21BrN2O4S/c1-3-26-11-10-23-17-9-4-14(21)12-18(17)28-20(23)22-19(24)13-27-16-7-5-15(25-2)6-8-16/h4-9,12H,3,10-11,13H2,1-2H3. The van der Waals surface area contributed by atoms with Crippen molar-refractivity contribution in [1.82, 2.24) is 4.57 Å². The summed E-state index contributed by atoms with van der Waals surface area (Å²) in [7, 11) is 1.60. The van der Waals surface area contributed by atoms with Gasteiger partial charge < -0.3 is 18.8 Å². The zero-order valence-corrected chi connectivity index (χ0v) is 18.1. The maximum Gasteiger partial charge on any atom is 0.286 e. The first-order valence-electron chi connectivity index (χ1n) is 8.81. The second-order valence-electron chi connectivity index (χ2n) is 5.81. The molecule has 0 radical (unpaired) electrons. The maximum absolute atomic E-state index is 12.4. The number of carbonyl (C=O) groups is 1. The first kappa shape index (κ1) is 20.6. The lowest BCUT2D eigenvalue weighted by Gasteiger charge is -2.06. The third-order valence-electron chi connectivity index (χ3n) is 3.95. The van der Waals surface area contributed by atoms with E-state index in [4.69, 9.17) is 14.2 Å². The molecule has 0 unspecified atom stereocenters. The van der Waals surface area contributed by atoms with Gasteiger partial charge in [0.15, 0.2) is 11.4 Å². The molecule has 148 valence electrons. The van der Waals surface area contributed by atoms with Crippen molar-refractivity contribution >= 4 is 43.4 Å². The van der Waals surface area contributed by atoms with E-state index >= 15 is 0 Å². The Morgan fingerprint density at radius 3 is 2.64 bits per heavy atom. The molecule has 2 aromatic carbocycles. The van der Waals surface area contributed by atoms with Crippen LogP contribution in [0.2, 0.25) is 0 Å². The van der Waals surface area contributed by atoms with Gasteiger partial charge in [-0.2, -0.15) is 4.99 Å². The summed E-state index contributed by atoms with van der Waals surface area (Å²) in [5, 5.41) is 0. The molecule has 0 saturated heterocycles. The predicted octanol–water partition coefficient (Wildman–Crippen LogP) is 4.02. The highest BCUT2D eigenvalue weighted by atomic mass is 79.9. The summed E-state index contributed by atoms with van der Waals surface area (Å²) in [6, 6.07) is 13.1. The van der Waals surface area contributed by atoms with E-state index in [0.29, 0.717) is 30.3 Å². The van der Waals surface area contributed by atoms with Gasteiger partial charge in [-0.3, -0.25) is 4.79 Å². The molecule has 0 saturated carbocycles. The first-order valence-corrected chi connectivity index (χ1v) is 10.4. The van der Waals surface area contributed by atoms with Crippen LogP contribution >= 0.6 is 27.3 Å². The van der Waals surface area contributed by atoms with Gasteiger partial charge in [-0.15, -0.1) is 0 Å². The summed E-state index contributed by atoms with van der Waals surface area (Å²) < 4.78 is 20.2. The van der Waals surface area contributed by atoms with E-state index in [1.54, 1.807) is 31.4 Å². The van der Waals surface area contributed by atoms with Crippen molar-refractivity contribution in [2.75, 3.05) is 26.9 Å². The Bertz CT molecular complexity index is 1010. The number of methoxy groups -OCH3 is 1. The largest absolute Gasteiger partial charge is 0.497 e. The van der Waals surface area contributed by atoms with E-state index in [2.05, 4.69) is 20.9 Å². The van der Waals surface area contributed by atoms with Crippen LogP contribution < -0.4 is 14.3 Å². The molecule has 6 nitrogen and oxygen atoms in total. The highest BCUT2D eigenvalue weighted by Gasteiger charge is 2.09. The highest BCUT2D eigenvalue weighted by Crippen LogP contribution is 2.22. The van der Waals surface area contributed by atoms with E-state index in [9.17, 15) is 4.79 Å². The molecule has 0 spiro atoms. The lowest BCUT2D eigenvalue weighted by atomic mass is 10.3. The molecule has 8 heteroatoms. The van der Waals surface area contributed by atoms with Crippen molar-refractivity contribution in [2.24, 2.45) is 4.99 Å². The minimum atomic E-state index is -0.341. The Morgan fingerprint density at radius 2 is 1.93 bits per heavy atom. The van der Waals surface area contributed by atoms with Gasteiger partial charge in [0.05, 0.1) is 23.9 Å². The molecule has 28 heavy (non-hydrogen) atoms. The Hall–Kier alpha value is -2.16. The second-order valence-corrected chi connectivity index (χ2v) is 7.74. The van der Waals surface area contributed by atoms with Crippen molar-refractivity contribution in [3.8, 4) is 11.5 Å². The normalized spacial score (nSPS) is 11.8. The van der Waals surface area contributed by atoms with Crippen LogP contribution in [0.3, 0.4) is 0 Å². The van der Waals surface area contributed by atoms with Crippen LogP contribution in [0.1, 0.15) is 6.92 Å². The molecule has 0 aliphatic carbocycles. The lowest BCUT2D eigenvalue weighted by molar-refractivity contribution is -0.120. The average molecular weight is 465 g/mol. The van der Waals surface area contributed by atoms with E-state index in [1.165, 1.54) is 11.3 Å². The molecule has 0 atom stereocenters. The van der Waals surface area contributed by atoms with Crippen molar-refractivity contribution in [2.45, 2.75) is 13.5 Å². The minimum absolute atomic E-state index is 0.129. The molecule has 0 N–H and O–H groups in total. The number of amides is 1. The van der Waals surface area contributed by atoms with Crippen LogP contribution in [0.5, 0.6) is 11.5 Å². The molecule has 0 bridgehead atoms. The number of hydrogen-bond donors (Lipinski definition) is 0. The molecule has 1 heterocycles. The van der Waals surface area contributed by atoms with Crippen LogP contribution in [0.25, 0.3) is 10.2 Å². The number of halogens is 1. The summed E-state index contributed by atoms with van der Waals surface area (Å²) in [4.78, 5) is 17.3. The molecule has 1 aromatic heterocycles. The van der Waals surface area contributed by atoms with Crippen LogP contribution in [-0.4, -0.2) is 37.4 Å². The van der Waals surface area contributed by atoms with Crippen LogP contribution in [0, 0.1) is 0 Å². The van der Waals surface area contributed by atoms with Gasteiger partial charge in [-0.05, 0) is 49.4 Å². The Labute approximate surface area is 175 Å². The molecular weight excluding hydrogens is 444 g/mol. The molecule has 1 amide bonds. The fraction of sp³-hybridized carbons (Fsp3) is 0.300. The monoisotopic (exact) mass is 464 g/mol. The summed E-state index contributed by atoms with van der Waals surface area (Å²) in [5.74, 6) is 0.982. The Kier molecular flexibility index (Phi) is 7.24. The Balaban J connectivity index is 1.80. The maximum atomic E-state index is 12.4. The third-order valence-corrected chi connectivity index (χ3v) is 5.48. The number of nitrogens with zero attached hydrogens (tertiary/aromatic N) is 2. The van der Waals surface area contributed by atoms with E-state index in [0.717, 1.165) is 20.4 Å². The molecule has 3 aromatic rings. The first-order chi connectivity index (χ1) is 13.6. The summed E-state index contributed by atoms with van der Waals surface area (Å²) in [5.41, 5.74) is 1.02. The quantitative estimate of drug-likeness (QED) is 0.472. The molecule has 0 aliphatic rings. The minimum Gasteiger partial charge on any atom is -0.497 e.